The summed E-state index contributed by atoms with van der Waals surface area (Å²) in [6, 6.07) is 5.80. The molecule has 3 heterocycles. The third-order valence-electron chi connectivity index (χ3n) is 4.46. The molecule has 0 bridgehead atoms. The SMILES string of the molecule is Cc1ccc(Nc2nc(N3CC(C)OC(C)C3)nc3nccnc23)cc1Cl. The van der Waals surface area contributed by atoms with Gasteiger partial charge in [0.15, 0.2) is 17.0 Å². The topological polar surface area (TPSA) is 76.1 Å². The van der Waals surface area contributed by atoms with Crippen LogP contribution in [-0.4, -0.2) is 45.2 Å². The van der Waals surface area contributed by atoms with E-state index in [0.717, 1.165) is 24.3 Å². The molecule has 1 aromatic carbocycles. The van der Waals surface area contributed by atoms with E-state index in [1.54, 1.807) is 12.4 Å². The third kappa shape index (κ3) is 3.79. The van der Waals surface area contributed by atoms with Crippen molar-refractivity contribution in [3.63, 3.8) is 0 Å². The Hall–Kier alpha value is -2.51. The molecule has 2 atom stereocenters. The van der Waals surface area contributed by atoms with Crippen LogP contribution >= 0.6 is 11.6 Å². The highest BCUT2D eigenvalue weighted by Gasteiger charge is 2.25. The van der Waals surface area contributed by atoms with Crippen molar-refractivity contribution in [2.45, 2.75) is 33.0 Å². The quantitative estimate of drug-likeness (QED) is 0.737. The van der Waals surface area contributed by atoms with E-state index in [2.05, 4.69) is 39.0 Å². The summed E-state index contributed by atoms with van der Waals surface area (Å²) >= 11 is 6.26. The summed E-state index contributed by atoms with van der Waals surface area (Å²) in [6.07, 6.45) is 3.50. The van der Waals surface area contributed by atoms with E-state index in [1.807, 2.05) is 25.1 Å². The van der Waals surface area contributed by atoms with Crippen LogP contribution in [0.3, 0.4) is 0 Å². The van der Waals surface area contributed by atoms with E-state index in [0.29, 0.717) is 28.0 Å². The first-order valence-electron chi connectivity index (χ1n) is 8.92. The molecule has 7 nitrogen and oxygen atoms in total. The van der Waals surface area contributed by atoms with Crippen LogP contribution < -0.4 is 10.2 Å². The lowest BCUT2D eigenvalue weighted by Gasteiger charge is -2.35. The number of ether oxygens (including phenoxy) is 1. The number of aromatic nitrogens is 4. The summed E-state index contributed by atoms with van der Waals surface area (Å²) in [7, 11) is 0. The fourth-order valence-electron chi connectivity index (χ4n) is 3.23. The Morgan fingerprint density at radius 3 is 2.59 bits per heavy atom. The smallest absolute Gasteiger partial charge is 0.229 e. The molecular weight excluding hydrogens is 364 g/mol. The van der Waals surface area contributed by atoms with Crippen molar-refractivity contribution in [1.82, 2.24) is 19.9 Å². The van der Waals surface area contributed by atoms with E-state index in [-0.39, 0.29) is 12.2 Å². The second-order valence-corrected chi connectivity index (χ2v) is 7.26. The predicted molar refractivity (Wildman–Crippen MR) is 107 cm³/mol. The van der Waals surface area contributed by atoms with Crippen LogP contribution in [-0.2, 0) is 4.74 Å². The molecule has 0 radical (unpaired) electrons. The van der Waals surface area contributed by atoms with E-state index >= 15 is 0 Å². The average molecular weight is 385 g/mol. The van der Waals surface area contributed by atoms with Gasteiger partial charge >= 0.3 is 0 Å². The molecule has 27 heavy (non-hydrogen) atoms. The van der Waals surface area contributed by atoms with Gasteiger partial charge in [0.05, 0.1) is 12.2 Å². The highest BCUT2D eigenvalue weighted by atomic mass is 35.5. The lowest BCUT2D eigenvalue weighted by atomic mass is 10.2. The fourth-order valence-corrected chi connectivity index (χ4v) is 3.41. The van der Waals surface area contributed by atoms with Gasteiger partial charge in [0.2, 0.25) is 5.95 Å². The number of halogens is 1. The molecule has 8 heteroatoms. The molecule has 1 N–H and O–H groups in total. The van der Waals surface area contributed by atoms with Crippen LogP contribution in [0.1, 0.15) is 19.4 Å². The lowest BCUT2D eigenvalue weighted by Crippen LogP contribution is -2.46. The van der Waals surface area contributed by atoms with Gasteiger partial charge in [-0.15, -0.1) is 0 Å². The Bertz CT molecular complexity index is 972. The zero-order valence-corrected chi connectivity index (χ0v) is 16.2. The number of fused-ring (bicyclic) bond motifs is 1. The minimum Gasteiger partial charge on any atom is -0.372 e. The summed E-state index contributed by atoms with van der Waals surface area (Å²) in [5, 5.41) is 4.02. The van der Waals surface area contributed by atoms with E-state index in [1.165, 1.54) is 0 Å². The zero-order chi connectivity index (χ0) is 19.0. The number of benzene rings is 1. The number of aryl methyl sites for hydroxylation is 1. The largest absolute Gasteiger partial charge is 0.372 e. The molecule has 1 saturated heterocycles. The summed E-state index contributed by atoms with van der Waals surface area (Å²) in [5.74, 6) is 1.22. The normalized spacial score (nSPS) is 20.1. The number of hydrogen-bond acceptors (Lipinski definition) is 7. The number of morpholine rings is 1. The van der Waals surface area contributed by atoms with Crippen molar-refractivity contribution in [3.8, 4) is 0 Å². The van der Waals surface area contributed by atoms with Crippen LogP contribution in [0.15, 0.2) is 30.6 Å². The zero-order valence-electron chi connectivity index (χ0n) is 15.5. The molecule has 2 aromatic heterocycles. The van der Waals surface area contributed by atoms with Gasteiger partial charge in [-0.25, -0.2) is 9.97 Å². The first-order chi connectivity index (χ1) is 13.0. The molecule has 0 saturated carbocycles. The monoisotopic (exact) mass is 384 g/mol. The van der Waals surface area contributed by atoms with Crippen LogP contribution in [0, 0.1) is 6.92 Å². The summed E-state index contributed by atoms with van der Waals surface area (Å²) in [5.41, 5.74) is 3.03. The highest BCUT2D eigenvalue weighted by Crippen LogP contribution is 2.27. The maximum atomic E-state index is 6.26. The number of nitrogens with one attached hydrogen (secondary N) is 1. The second kappa shape index (κ2) is 7.25. The first kappa shape index (κ1) is 17.9. The average Bonchev–Trinajstić information content (AvgIpc) is 2.64. The Balaban J connectivity index is 1.75. The number of rotatable bonds is 3. The van der Waals surface area contributed by atoms with Crippen molar-refractivity contribution < 1.29 is 4.74 Å². The maximum absolute atomic E-state index is 6.26. The molecule has 0 amide bonds. The van der Waals surface area contributed by atoms with Crippen LogP contribution in [0.25, 0.3) is 11.2 Å². The molecule has 140 valence electrons. The van der Waals surface area contributed by atoms with Gasteiger partial charge in [0.25, 0.3) is 0 Å². The molecule has 0 aliphatic carbocycles. The van der Waals surface area contributed by atoms with Gasteiger partial charge in [0.1, 0.15) is 0 Å². The van der Waals surface area contributed by atoms with E-state index in [9.17, 15) is 0 Å². The maximum Gasteiger partial charge on any atom is 0.229 e. The van der Waals surface area contributed by atoms with Crippen LogP contribution in [0.4, 0.5) is 17.5 Å². The Kier molecular flexibility index (Phi) is 4.80. The molecule has 1 aliphatic heterocycles. The highest BCUT2D eigenvalue weighted by molar-refractivity contribution is 6.31. The molecule has 2 unspecified atom stereocenters. The standard InChI is InChI=1S/C19H21ClN6O/c1-11-4-5-14(8-15(11)20)23-18-16-17(22-7-6-21-16)24-19(25-18)26-9-12(2)27-13(3)10-26/h4-8,12-13H,9-10H2,1-3H3,(H,22,23,24,25). The molecule has 4 rings (SSSR count). The van der Waals surface area contributed by atoms with Gasteiger partial charge < -0.3 is 15.0 Å². The van der Waals surface area contributed by atoms with Crippen molar-refractivity contribution in [2.75, 3.05) is 23.3 Å². The Morgan fingerprint density at radius 2 is 1.85 bits per heavy atom. The van der Waals surface area contributed by atoms with Crippen LogP contribution in [0.2, 0.25) is 5.02 Å². The first-order valence-corrected chi connectivity index (χ1v) is 9.30. The van der Waals surface area contributed by atoms with Gasteiger partial charge in [0, 0.05) is 36.2 Å². The molecule has 3 aromatic rings. The van der Waals surface area contributed by atoms with Crippen LogP contribution in [0.5, 0.6) is 0 Å². The lowest BCUT2D eigenvalue weighted by molar-refractivity contribution is -0.00569. The molecule has 1 aliphatic rings. The predicted octanol–water partition coefficient (Wildman–Crippen LogP) is 3.74. The number of anilines is 3. The summed E-state index contributed by atoms with van der Waals surface area (Å²) in [6.45, 7) is 7.53. The third-order valence-corrected chi connectivity index (χ3v) is 4.87. The Morgan fingerprint density at radius 1 is 1.11 bits per heavy atom. The van der Waals surface area contributed by atoms with Gasteiger partial charge in [-0.05, 0) is 38.5 Å². The minimum absolute atomic E-state index is 0.113. The van der Waals surface area contributed by atoms with Gasteiger partial charge in [-0.1, -0.05) is 17.7 Å². The summed E-state index contributed by atoms with van der Waals surface area (Å²) in [4.78, 5) is 20.3. The fraction of sp³-hybridized carbons (Fsp3) is 0.368. The molecule has 1 fully saturated rings. The van der Waals surface area contributed by atoms with E-state index < -0.39 is 0 Å². The minimum atomic E-state index is 0.113. The molecule has 0 spiro atoms. The van der Waals surface area contributed by atoms with Crippen molar-refractivity contribution in [2.24, 2.45) is 0 Å². The van der Waals surface area contributed by atoms with Crippen molar-refractivity contribution >= 4 is 40.2 Å². The van der Waals surface area contributed by atoms with Gasteiger partial charge in [-0.3, -0.25) is 0 Å². The van der Waals surface area contributed by atoms with Gasteiger partial charge in [-0.2, -0.15) is 9.97 Å². The van der Waals surface area contributed by atoms with E-state index in [4.69, 9.17) is 21.3 Å². The summed E-state index contributed by atoms with van der Waals surface area (Å²) < 4.78 is 5.82. The van der Waals surface area contributed by atoms with Crippen molar-refractivity contribution in [3.05, 3.63) is 41.2 Å². The molecular formula is C19H21ClN6O. The Labute approximate surface area is 162 Å². The second-order valence-electron chi connectivity index (χ2n) is 6.85. The number of nitrogens with zero attached hydrogens (tertiary/aromatic N) is 5. The number of hydrogen-bond donors (Lipinski definition) is 1. The van der Waals surface area contributed by atoms with Crippen molar-refractivity contribution in [1.29, 1.82) is 0 Å².